The van der Waals surface area contributed by atoms with E-state index in [9.17, 15) is 9.90 Å². The second-order valence-corrected chi connectivity index (χ2v) is 10.5. The van der Waals surface area contributed by atoms with Gasteiger partial charge in [-0.2, -0.15) is 0 Å². The molecule has 1 fully saturated rings. The monoisotopic (exact) mass is 511 g/mol. The van der Waals surface area contributed by atoms with Crippen molar-refractivity contribution in [3.63, 3.8) is 0 Å². The fourth-order valence-electron chi connectivity index (χ4n) is 4.82. The number of hydrogen-bond donors (Lipinski definition) is 1. The molecule has 0 saturated carbocycles. The highest BCUT2D eigenvalue weighted by Gasteiger charge is 2.54. The number of halogens is 2. The van der Waals surface area contributed by atoms with Crippen molar-refractivity contribution in [3.8, 4) is 0 Å². The maximum Gasteiger partial charge on any atom is 0.257 e. The lowest BCUT2D eigenvalue weighted by Gasteiger charge is -2.41. The van der Waals surface area contributed by atoms with Crippen molar-refractivity contribution in [2.45, 2.75) is 44.2 Å². The third-order valence-electron chi connectivity index (χ3n) is 6.66. The summed E-state index contributed by atoms with van der Waals surface area (Å²) < 4.78 is 12.5. The van der Waals surface area contributed by atoms with Crippen LogP contribution in [0.5, 0.6) is 0 Å². The summed E-state index contributed by atoms with van der Waals surface area (Å²) in [5.74, 6) is -0.171. The van der Waals surface area contributed by atoms with Crippen LogP contribution in [0.1, 0.15) is 52.9 Å². The number of benzene rings is 3. The lowest BCUT2D eigenvalue weighted by Crippen LogP contribution is -2.48. The van der Waals surface area contributed by atoms with Crippen LogP contribution in [-0.4, -0.2) is 35.2 Å². The summed E-state index contributed by atoms with van der Waals surface area (Å²) in [4.78, 5) is 15.8. The van der Waals surface area contributed by atoms with E-state index < -0.39 is 11.3 Å². The van der Waals surface area contributed by atoms with E-state index in [1.807, 2.05) is 48.5 Å². The zero-order chi connectivity index (χ0) is 24.8. The number of aliphatic hydroxyl groups is 1. The van der Waals surface area contributed by atoms with Crippen molar-refractivity contribution in [2.75, 3.05) is 13.2 Å². The topological polar surface area (TPSA) is 59.0 Å². The predicted molar refractivity (Wildman–Crippen MR) is 136 cm³/mol. The number of amides is 1. The molecule has 2 heterocycles. The molecular weight excluding hydrogens is 485 g/mol. The molecule has 35 heavy (non-hydrogen) atoms. The predicted octanol–water partition coefficient (Wildman–Crippen LogP) is 5.88. The third-order valence-corrected chi connectivity index (χ3v) is 7.17. The van der Waals surface area contributed by atoms with E-state index in [1.165, 1.54) is 0 Å². The second-order valence-electron chi connectivity index (χ2n) is 9.59. The van der Waals surface area contributed by atoms with Crippen LogP contribution in [0.4, 0.5) is 0 Å². The summed E-state index contributed by atoms with van der Waals surface area (Å²) in [6.45, 7) is 4.78. The quantitative estimate of drug-likeness (QED) is 0.448. The first-order valence-corrected chi connectivity index (χ1v) is 12.4. The lowest BCUT2D eigenvalue weighted by atomic mass is 9.89. The van der Waals surface area contributed by atoms with E-state index in [4.69, 9.17) is 32.7 Å². The Morgan fingerprint density at radius 3 is 2.31 bits per heavy atom. The largest absolute Gasteiger partial charge is 0.386 e. The van der Waals surface area contributed by atoms with E-state index in [1.54, 1.807) is 36.9 Å². The molecule has 7 heteroatoms. The first kappa shape index (κ1) is 24.3. The fraction of sp³-hybridized carbons (Fsp3) is 0.321. The molecule has 5 nitrogen and oxygen atoms in total. The molecule has 0 aromatic heterocycles. The van der Waals surface area contributed by atoms with Gasteiger partial charge in [0.15, 0.2) is 5.72 Å². The molecule has 3 aromatic rings. The van der Waals surface area contributed by atoms with Crippen LogP contribution in [0.15, 0.2) is 66.7 Å². The summed E-state index contributed by atoms with van der Waals surface area (Å²) in [5.41, 5.74) is 1.34. The molecule has 1 N–H and O–H groups in total. The zero-order valence-corrected chi connectivity index (χ0v) is 21.1. The molecule has 2 aliphatic heterocycles. The van der Waals surface area contributed by atoms with Crippen molar-refractivity contribution in [1.82, 2.24) is 4.90 Å². The molecule has 3 aromatic carbocycles. The molecule has 182 valence electrons. The van der Waals surface area contributed by atoms with Crippen molar-refractivity contribution >= 4 is 29.1 Å². The first-order chi connectivity index (χ1) is 16.7. The molecule has 1 saturated heterocycles. The number of fused-ring (bicyclic) bond motifs is 1. The van der Waals surface area contributed by atoms with Gasteiger partial charge in [0, 0.05) is 39.9 Å². The van der Waals surface area contributed by atoms with Crippen LogP contribution in [0, 0.1) is 0 Å². The number of carbonyl (C=O) groups excluding carboxylic acids is 1. The minimum absolute atomic E-state index is 0.171. The Morgan fingerprint density at radius 2 is 1.71 bits per heavy atom. The Kier molecular flexibility index (Phi) is 6.41. The molecular formula is C28H27Cl2NO4. The summed E-state index contributed by atoms with van der Waals surface area (Å²) in [7, 11) is 0. The molecule has 5 rings (SSSR count). The minimum Gasteiger partial charge on any atom is -0.386 e. The van der Waals surface area contributed by atoms with E-state index in [0.717, 1.165) is 23.1 Å². The van der Waals surface area contributed by atoms with Gasteiger partial charge in [0.25, 0.3) is 5.91 Å². The highest BCUT2D eigenvalue weighted by atomic mass is 35.5. The van der Waals surface area contributed by atoms with Gasteiger partial charge in [-0.05, 0) is 61.7 Å². The number of ether oxygens (including phenoxy) is 2. The van der Waals surface area contributed by atoms with Gasteiger partial charge < -0.3 is 14.6 Å². The molecule has 2 atom stereocenters. The summed E-state index contributed by atoms with van der Waals surface area (Å²) in [6, 6.07) is 20.4. The van der Waals surface area contributed by atoms with Crippen LogP contribution < -0.4 is 0 Å². The van der Waals surface area contributed by atoms with Gasteiger partial charge in [0.2, 0.25) is 0 Å². The van der Waals surface area contributed by atoms with Gasteiger partial charge in [0.05, 0.1) is 18.3 Å². The number of carbonyl (C=O) groups is 1. The van der Waals surface area contributed by atoms with Gasteiger partial charge in [-0.3, -0.25) is 9.69 Å². The van der Waals surface area contributed by atoms with Crippen LogP contribution >= 0.6 is 23.2 Å². The van der Waals surface area contributed by atoms with Crippen LogP contribution in [0.2, 0.25) is 10.0 Å². The Balaban J connectivity index is 1.72. The van der Waals surface area contributed by atoms with Crippen LogP contribution in [-0.2, 0) is 27.3 Å². The van der Waals surface area contributed by atoms with Crippen molar-refractivity contribution in [3.05, 3.63) is 105 Å². The third kappa shape index (κ3) is 4.48. The van der Waals surface area contributed by atoms with Gasteiger partial charge >= 0.3 is 0 Å². The Labute approximate surface area is 215 Å². The van der Waals surface area contributed by atoms with Crippen LogP contribution in [0.25, 0.3) is 0 Å². The van der Waals surface area contributed by atoms with Crippen molar-refractivity contribution in [2.24, 2.45) is 0 Å². The molecule has 1 amide bonds. The molecule has 2 aliphatic rings. The average molecular weight is 512 g/mol. The van der Waals surface area contributed by atoms with Gasteiger partial charge in [-0.15, -0.1) is 0 Å². The second kappa shape index (κ2) is 9.23. The van der Waals surface area contributed by atoms with Gasteiger partial charge in [0.1, 0.15) is 0 Å². The van der Waals surface area contributed by atoms with Crippen LogP contribution in [0.3, 0.4) is 0 Å². The van der Waals surface area contributed by atoms with E-state index in [0.29, 0.717) is 40.9 Å². The normalized spacial score (nSPS) is 22.0. The van der Waals surface area contributed by atoms with E-state index in [2.05, 4.69) is 0 Å². The molecule has 0 unspecified atom stereocenters. The SMILES string of the molecule is CC(C)(O)c1ccc2c(c1)C(=O)N(Cc1ccc(Cl)cc1)[C@@]2(O[C@@H]1CCOC1)c1ccc(Cl)cc1. The van der Waals surface area contributed by atoms with Crippen molar-refractivity contribution < 1.29 is 19.4 Å². The number of nitrogens with zero attached hydrogens (tertiary/aromatic N) is 1. The Bertz CT molecular complexity index is 1230. The van der Waals surface area contributed by atoms with E-state index in [-0.39, 0.29) is 12.0 Å². The number of rotatable bonds is 6. The molecule has 0 spiro atoms. The summed E-state index contributed by atoms with van der Waals surface area (Å²) >= 11 is 12.3. The highest BCUT2D eigenvalue weighted by molar-refractivity contribution is 6.30. The number of hydrogen-bond acceptors (Lipinski definition) is 4. The molecule has 0 radical (unpaired) electrons. The maximum atomic E-state index is 14.1. The maximum absolute atomic E-state index is 14.1. The van der Waals surface area contributed by atoms with Gasteiger partial charge in [-0.1, -0.05) is 59.6 Å². The van der Waals surface area contributed by atoms with Crippen molar-refractivity contribution in [1.29, 1.82) is 0 Å². The lowest BCUT2D eigenvalue weighted by molar-refractivity contribution is -0.147. The molecule has 0 aliphatic carbocycles. The van der Waals surface area contributed by atoms with E-state index >= 15 is 0 Å². The zero-order valence-electron chi connectivity index (χ0n) is 19.6. The van der Waals surface area contributed by atoms with Gasteiger partial charge in [-0.25, -0.2) is 0 Å². The molecule has 0 bridgehead atoms. The minimum atomic E-state index is -1.19. The summed E-state index contributed by atoms with van der Waals surface area (Å²) in [5, 5.41) is 11.9. The summed E-state index contributed by atoms with van der Waals surface area (Å²) in [6.07, 6.45) is 0.543. The first-order valence-electron chi connectivity index (χ1n) is 11.6. The average Bonchev–Trinajstić information content (AvgIpc) is 3.42. The fourth-order valence-corrected chi connectivity index (χ4v) is 5.07. The Hall–Kier alpha value is -2.41. The Morgan fingerprint density at radius 1 is 1.06 bits per heavy atom. The standard InChI is InChI=1S/C28H27Cl2NO4/c1-27(2,33)20-7-12-25-24(15-20)26(32)31(16-18-3-8-21(29)9-4-18)28(25,35-23-13-14-34-17-23)19-5-10-22(30)11-6-19/h3-12,15,23,33H,13-14,16-17H2,1-2H3/t23-,28-/m1/s1. The highest BCUT2D eigenvalue weighted by Crippen LogP contribution is 2.48. The smallest absolute Gasteiger partial charge is 0.257 e.